The molecule has 0 saturated heterocycles. The Labute approximate surface area is 565 Å². The summed E-state index contributed by atoms with van der Waals surface area (Å²) in [6.07, 6.45) is 0. The third-order valence-corrected chi connectivity index (χ3v) is 22.8. The summed E-state index contributed by atoms with van der Waals surface area (Å²) in [5, 5.41) is 30.7. The Balaban J connectivity index is 0.941. The van der Waals surface area contributed by atoms with Crippen molar-refractivity contribution in [3.05, 3.63) is 253 Å². The number of rotatable bonds is 4. The molecular weight excluding hydrogens is 1170 g/mol. The summed E-state index contributed by atoms with van der Waals surface area (Å²) < 4.78 is 7.15. The van der Waals surface area contributed by atoms with Crippen LogP contribution in [0.2, 0.25) is 0 Å². The van der Waals surface area contributed by atoms with E-state index in [4.69, 9.17) is 4.42 Å². The van der Waals surface area contributed by atoms with Crippen molar-refractivity contribution in [2.45, 2.75) is 105 Å². The standard InChI is InChI=1S/C96H74O/c1-93(2,3)55-43-53(44-56(47-55)94(4,5)6)81-60-28-16-17-29-61(60)82(54-45-57(95(7,8)9)48-58(46-54)96(10,11)12)90-71-41-37-65-67-38-42-72-86-69(39-35-66(84(67)86)64-36-40-70(89(81)90)85(71)83(64)65)88-80(52-23-14-13-15-24-52)76-49-74-62-30-20-25-51-26-21-31-63(79(51)62)75(74)50-77(76)87(91(72)88)73-33-22-32-68-59-27-18-19-34-78(59)97-92(68)73/h13-50H,1-12H3. The van der Waals surface area contributed by atoms with Gasteiger partial charge in [-0.1, -0.05) is 295 Å². The zero-order chi connectivity index (χ0) is 65.8. The van der Waals surface area contributed by atoms with E-state index in [1.807, 2.05) is 0 Å². The highest BCUT2D eigenvalue weighted by atomic mass is 16.3. The molecule has 20 rings (SSSR count). The Morgan fingerprint density at radius 1 is 0.206 bits per heavy atom. The molecule has 464 valence electrons. The van der Waals surface area contributed by atoms with Gasteiger partial charge in [0.2, 0.25) is 0 Å². The molecule has 0 fully saturated rings. The fraction of sp³-hybridized carbons (Fsp3) is 0.167. The SMILES string of the molecule is CC(C)(C)c1cc(-c2c3c(c(-c4cc(C(C)(C)C)cc(C(C)(C)C)c4)c4ccccc24)-c2ccc4c5ccc6c7c(-c8cccc9c8oc8ccccc89)c8cc9c(cc8c(-c8ccccc8)c7c7ccc(c8ccc-3c2c84)c5c76)c2cccc3cccc9c32)cc(C(C)(C)C)c1. The molecule has 0 N–H and O–H groups in total. The molecule has 18 aromatic carbocycles. The van der Waals surface area contributed by atoms with Crippen LogP contribution in [0.3, 0.4) is 0 Å². The number of hydrogen-bond donors (Lipinski definition) is 0. The molecule has 0 bridgehead atoms. The van der Waals surface area contributed by atoms with Gasteiger partial charge in [0, 0.05) is 21.9 Å². The molecule has 0 aliphatic heterocycles. The van der Waals surface area contributed by atoms with Crippen LogP contribution < -0.4 is 0 Å². The van der Waals surface area contributed by atoms with Crippen LogP contribution in [0.5, 0.6) is 0 Å². The normalized spacial score (nSPS) is 13.4. The van der Waals surface area contributed by atoms with Crippen molar-refractivity contribution in [1.82, 2.24) is 0 Å². The Kier molecular flexibility index (Phi) is 11.2. The van der Waals surface area contributed by atoms with Crippen LogP contribution in [0.1, 0.15) is 105 Å². The van der Waals surface area contributed by atoms with Crippen molar-refractivity contribution in [3.63, 3.8) is 0 Å². The number of para-hydroxylation sites is 2. The van der Waals surface area contributed by atoms with Crippen molar-refractivity contribution in [3.8, 4) is 66.8 Å². The second-order valence-corrected chi connectivity index (χ2v) is 32.6. The average Bonchev–Trinajstić information content (AvgIpc) is 1.53. The van der Waals surface area contributed by atoms with Crippen LogP contribution >= 0.6 is 0 Å². The van der Waals surface area contributed by atoms with Crippen LogP contribution in [0, 0.1) is 0 Å². The van der Waals surface area contributed by atoms with E-state index >= 15 is 0 Å². The van der Waals surface area contributed by atoms with Crippen molar-refractivity contribution >= 4 is 140 Å². The molecule has 1 aliphatic rings. The first-order valence-corrected chi connectivity index (χ1v) is 35.0. The molecular formula is C96H74O. The maximum Gasteiger partial charge on any atom is 0.143 e. The van der Waals surface area contributed by atoms with Gasteiger partial charge in [0.25, 0.3) is 0 Å². The predicted molar refractivity (Wildman–Crippen MR) is 421 cm³/mol. The van der Waals surface area contributed by atoms with Gasteiger partial charge in [-0.05, 0) is 236 Å². The Morgan fingerprint density at radius 3 is 1.11 bits per heavy atom. The van der Waals surface area contributed by atoms with E-state index in [0.29, 0.717) is 0 Å². The van der Waals surface area contributed by atoms with Gasteiger partial charge in [-0.15, -0.1) is 0 Å². The highest BCUT2D eigenvalue weighted by Crippen LogP contribution is 2.62. The Bertz CT molecular complexity index is 6430. The van der Waals surface area contributed by atoms with E-state index < -0.39 is 0 Å². The maximum atomic E-state index is 7.15. The molecule has 1 heterocycles. The summed E-state index contributed by atoms with van der Waals surface area (Å²) in [6.45, 7) is 28.5. The first-order chi connectivity index (χ1) is 46.7. The van der Waals surface area contributed by atoms with E-state index in [2.05, 4.69) is 314 Å². The second kappa shape index (κ2) is 19.1. The molecule has 0 atom stereocenters. The van der Waals surface area contributed by atoms with Crippen molar-refractivity contribution in [1.29, 1.82) is 0 Å². The number of hydrogen-bond acceptors (Lipinski definition) is 1. The minimum Gasteiger partial charge on any atom is -0.455 e. The number of benzene rings is 16. The van der Waals surface area contributed by atoms with Gasteiger partial charge in [0.15, 0.2) is 0 Å². The van der Waals surface area contributed by atoms with Crippen LogP contribution in [-0.4, -0.2) is 0 Å². The summed E-state index contributed by atoms with van der Waals surface area (Å²) in [5.41, 5.74) is 22.3. The molecule has 0 saturated carbocycles. The minimum absolute atomic E-state index is 0.0737. The third kappa shape index (κ3) is 7.72. The predicted octanol–water partition coefficient (Wildman–Crippen LogP) is 28.1. The summed E-state index contributed by atoms with van der Waals surface area (Å²) in [5.74, 6) is 0. The molecule has 1 aliphatic carbocycles. The van der Waals surface area contributed by atoms with E-state index in [0.717, 1.165) is 27.5 Å². The molecule has 0 spiro atoms. The van der Waals surface area contributed by atoms with Crippen LogP contribution in [0.4, 0.5) is 0 Å². The smallest absolute Gasteiger partial charge is 0.143 e. The molecule has 97 heavy (non-hydrogen) atoms. The van der Waals surface area contributed by atoms with Gasteiger partial charge < -0.3 is 4.42 Å². The van der Waals surface area contributed by atoms with Gasteiger partial charge in [0.1, 0.15) is 11.2 Å². The van der Waals surface area contributed by atoms with Crippen molar-refractivity contribution in [2.24, 2.45) is 0 Å². The Morgan fingerprint density at radius 2 is 0.598 bits per heavy atom. The molecule has 0 amide bonds. The summed E-state index contributed by atoms with van der Waals surface area (Å²) in [6, 6.07) is 89.9. The maximum absolute atomic E-state index is 7.15. The van der Waals surface area contributed by atoms with E-state index in [1.54, 1.807) is 0 Å². The fourth-order valence-corrected chi connectivity index (χ4v) is 18.0. The first-order valence-electron chi connectivity index (χ1n) is 35.0. The fourth-order valence-electron chi connectivity index (χ4n) is 18.0. The van der Waals surface area contributed by atoms with Crippen LogP contribution in [-0.2, 0) is 21.7 Å². The lowest BCUT2D eigenvalue weighted by atomic mass is 9.75. The second-order valence-electron chi connectivity index (χ2n) is 32.6. The third-order valence-electron chi connectivity index (χ3n) is 22.8. The van der Waals surface area contributed by atoms with Crippen LogP contribution in [0.25, 0.3) is 207 Å². The highest BCUT2D eigenvalue weighted by Gasteiger charge is 2.36. The lowest BCUT2D eigenvalue weighted by molar-refractivity contribution is 0.568. The molecule has 1 heteroatoms. The number of furan rings is 1. The monoisotopic (exact) mass is 1240 g/mol. The van der Waals surface area contributed by atoms with E-state index in [9.17, 15) is 0 Å². The quantitative estimate of drug-likeness (QED) is 0.126. The minimum atomic E-state index is -0.0737. The Hall–Kier alpha value is -10.6. The summed E-state index contributed by atoms with van der Waals surface area (Å²) in [4.78, 5) is 0. The van der Waals surface area contributed by atoms with Crippen molar-refractivity contribution < 1.29 is 4.42 Å². The topological polar surface area (TPSA) is 13.1 Å². The number of fused-ring (bicyclic) bond motifs is 16. The van der Waals surface area contributed by atoms with E-state index in [-0.39, 0.29) is 21.7 Å². The molecule has 0 radical (unpaired) electrons. The molecule has 1 nitrogen and oxygen atoms in total. The van der Waals surface area contributed by atoms with Gasteiger partial charge in [-0.3, -0.25) is 0 Å². The van der Waals surface area contributed by atoms with Crippen molar-refractivity contribution in [2.75, 3.05) is 0 Å². The van der Waals surface area contributed by atoms with Gasteiger partial charge in [-0.2, -0.15) is 0 Å². The summed E-state index contributed by atoms with van der Waals surface area (Å²) in [7, 11) is 0. The van der Waals surface area contributed by atoms with Crippen LogP contribution in [0.15, 0.2) is 235 Å². The molecule has 0 unspecified atom stereocenters. The van der Waals surface area contributed by atoms with Gasteiger partial charge in [-0.25, -0.2) is 0 Å². The zero-order valence-electron chi connectivity index (χ0n) is 57.3. The van der Waals surface area contributed by atoms with Gasteiger partial charge >= 0.3 is 0 Å². The largest absolute Gasteiger partial charge is 0.455 e. The van der Waals surface area contributed by atoms with Gasteiger partial charge in [0.05, 0.1) is 0 Å². The summed E-state index contributed by atoms with van der Waals surface area (Å²) >= 11 is 0. The zero-order valence-corrected chi connectivity index (χ0v) is 57.3. The molecule has 1 aromatic heterocycles. The first kappa shape index (κ1) is 56.7. The lowest BCUT2D eigenvalue weighted by Gasteiger charge is -2.29. The average molecular weight is 1240 g/mol. The lowest BCUT2D eigenvalue weighted by Crippen LogP contribution is -2.17. The molecule has 19 aromatic rings. The van der Waals surface area contributed by atoms with E-state index in [1.165, 1.54) is 202 Å². The highest BCUT2D eigenvalue weighted by molar-refractivity contribution is 6.48.